The zero-order valence-electron chi connectivity index (χ0n) is 17.8. The maximum absolute atomic E-state index is 13.3. The molecule has 0 spiro atoms. The van der Waals surface area contributed by atoms with E-state index in [0.29, 0.717) is 6.42 Å². The van der Waals surface area contributed by atoms with Crippen LogP contribution in [0.25, 0.3) is 10.2 Å². The molecule has 3 aromatic carbocycles. The topological polar surface area (TPSA) is 54.8 Å². The summed E-state index contributed by atoms with van der Waals surface area (Å²) in [5.74, 6) is 1.03. The smallest absolute Gasteiger partial charge is 0.253 e. The normalized spacial score (nSPS) is 15.6. The minimum atomic E-state index is -0.155. The molecule has 0 fully saturated rings. The number of hydrazone groups is 1. The summed E-state index contributed by atoms with van der Waals surface area (Å²) in [7, 11) is 1.65. The molecule has 166 valence electrons. The van der Waals surface area contributed by atoms with E-state index in [1.807, 2.05) is 72.8 Å². The maximum atomic E-state index is 13.3. The monoisotopic (exact) mass is 537 g/mol. The number of thiazole rings is 1. The number of hydrogen-bond donors (Lipinski definition) is 0. The minimum Gasteiger partial charge on any atom is -0.497 e. The molecule has 1 aliphatic heterocycles. The number of aromatic nitrogens is 1. The lowest BCUT2D eigenvalue weighted by molar-refractivity contribution is -0.130. The molecular weight excluding hydrogens is 518 g/mol. The molecule has 0 unspecified atom stereocenters. The van der Waals surface area contributed by atoms with Gasteiger partial charge in [-0.1, -0.05) is 64.1 Å². The lowest BCUT2D eigenvalue weighted by Crippen LogP contribution is -2.28. The van der Waals surface area contributed by atoms with E-state index in [4.69, 9.17) is 9.84 Å². The van der Waals surface area contributed by atoms with Crippen LogP contribution in [0.3, 0.4) is 0 Å². The van der Waals surface area contributed by atoms with Gasteiger partial charge in [-0.15, -0.1) is 11.3 Å². The van der Waals surface area contributed by atoms with E-state index in [1.54, 1.807) is 23.5 Å². The molecule has 5 rings (SSSR count). The third kappa shape index (κ3) is 4.83. The predicted molar refractivity (Wildman–Crippen MR) is 138 cm³/mol. The fourth-order valence-corrected chi connectivity index (χ4v) is 5.93. The van der Waals surface area contributed by atoms with Gasteiger partial charge in [0.05, 0.1) is 34.8 Å². The van der Waals surface area contributed by atoms with Crippen LogP contribution in [-0.4, -0.2) is 34.5 Å². The number of nitrogens with zero attached hydrogens (tertiary/aromatic N) is 3. The van der Waals surface area contributed by atoms with Crippen LogP contribution in [0.2, 0.25) is 0 Å². The Balaban J connectivity index is 1.39. The van der Waals surface area contributed by atoms with E-state index < -0.39 is 0 Å². The second-order valence-corrected chi connectivity index (χ2v) is 10.7. The van der Waals surface area contributed by atoms with Gasteiger partial charge in [0, 0.05) is 10.9 Å². The quantitative estimate of drug-likeness (QED) is 0.262. The molecule has 0 saturated carbocycles. The largest absolute Gasteiger partial charge is 0.497 e. The number of carbonyl (C=O) groups excluding carboxylic acids is 1. The first kappa shape index (κ1) is 22.1. The Morgan fingerprint density at radius 2 is 1.88 bits per heavy atom. The maximum Gasteiger partial charge on any atom is 0.253 e. The van der Waals surface area contributed by atoms with Crippen LogP contribution in [0.4, 0.5) is 0 Å². The SMILES string of the molecule is COc1ccc([C@H]2CC(c3ccc(Br)cc3)=NN2C(=O)CSc2nc3ccccc3s2)cc1. The van der Waals surface area contributed by atoms with Gasteiger partial charge in [0.2, 0.25) is 0 Å². The molecule has 0 N–H and O–H groups in total. The highest BCUT2D eigenvalue weighted by molar-refractivity contribution is 9.10. The van der Waals surface area contributed by atoms with Crippen molar-refractivity contribution in [1.29, 1.82) is 0 Å². The molecule has 8 heteroatoms. The fourth-order valence-electron chi connectivity index (χ4n) is 3.75. The van der Waals surface area contributed by atoms with Crippen LogP contribution in [0, 0.1) is 0 Å². The van der Waals surface area contributed by atoms with Gasteiger partial charge in [0.1, 0.15) is 5.75 Å². The van der Waals surface area contributed by atoms with Gasteiger partial charge in [-0.05, 0) is 47.5 Å². The third-order valence-corrected chi connectivity index (χ3v) is 8.13. The van der Waals surface area contributed by atoms with Gasteiger partial charge in [-0.2, -0.15) is 5.10 Å². The number of carbonyl (C=O) groups is 1. The Hall–Kier alpha value is -2.68. The molecule has 4 aromatic rings. The second kappa shape index (κ2) is 9.67. The third-order valence-electron chi connectivity index (χ3n) is 5.44. The number of benzene rings is 3. The Bertz CT molecular complexity index is 1290. The number of ether oxygens (including phenoxy) is 1. The zero-order valence-corrected chi connectivity index (χ0v) is 21.0. The lowest BCUT2D eigenvalue weighted by Gasteiger charge is -2.22. The van der Waals surface area contributed by atoms with E-state index in [1.165, 1.54) is 11.8 Å². The fraction of sp³-hybridized carbons (Fsp3) is 0.160. The van der Waals surface area contributed by atoms with Crippen LogP contribution in [0.1, 0.15) is 23.6 Å². The first-order valence-corrected chi connectivity index (χ1v) is 13.0. The van der Waals surface area contributed by atoms with Crippen LogP contribution < -0.4 is 4.74 Å². The summed E-state index contributed by atoms with van der Waals surface area (Å²) < 4.78 is 8.32. The van der Waals surface area contributed by atoms with Crippen molar-refractivity contribution in [3.05, 3.63) is 88.4 Å². The Labute approximate surface area is 208 Å². The molecule has 1 amide bonds. The summed E-state index contributed by atoms with van der Waals surface area (Å²) in [6, 6.07) is 23.8. The van der Waals surface area contributed by atoms with E-state index in [2.05, 4.69) is 20.9 Å². The van der Waals surface area contributed by atoms with Gasteiger partial charge < -0.3 is 4.74 Å². The van der Waals surface area contributed by atoms with E-state index >= 15 is 0 Å². The van der Waals surface area contributed by atoms with E-state index in [0.717, 1.165) is 41.6 Å². The molecule has 0 radical (unpaired) electrons. The van der Waals surface area contributed by atoms with Crippen molar-refractivity contribution in [2.45, 2.75) is 16.8 Å². The van der Waals surface area contributed by atoms with Crippen molar-refractivity contribution in [2.24, 2.45) is 5.10 Å². The van der Waals surface area contributed by atoms with Crippen LogP contribution in [0.15, 0.2) is 86.7 Å². The van der Waals surface area contributed by atoms with Crippen molar-refractivity contribution < 1.29 is 9.53 Å². The van der Waals surface area contributed by atoms with Gasteiger partial charge in [0.15, 0.2) is 4.34 Å². The Morgan fingerprint density at radius 1 is 1.12 bits per heavy atom. The summed E-state index contributed by atoms with van der Waals surface area (Å²) in [5, 5.41) is 6.41. The standard InChI is InChI=1S/C25H20BrN3O2S2/c1-31-19-12-8-17(9-13-19)22-14-21(16-6-10-18(26)11-7-16)28-29(22)24(30)15-32-25-27-20-4-2-3-5-23(20)33-25/h2-13,22H,14-15H2,1H3/t22-/m1/s1. The molecule has 0 bridgehead atoms. The highest BCUT2D eigenvalue weighted by atomic mass is 79.9. The average Bonchev–Trinajstić information content (AvgIpc) is 3.48. The zero-order chi connectivity index (χ0) is 22.8. The Morgan fingerprint density at radius 3 is 2.61 bits per heavy atom. The highest BCUT2D eigenvalue weighted by Gasteiger charge is 2.33. The number of para-hydroxylation sites is 1. The van der Waals surface area contributed by atoms with Crippen molar-refractivity contribution in [3.8, 4) is 5.75 Å². The van der Waals surface area contributed by atoms with Crippen LogP contribution >= 0.6 is 39.0 Å². The summed E-state index contributed by atoms with van der Waals surface area (Å²) in [6.07, 6.45) is 0.658. The van der Waals surface area contributed by atoms with Crippen LogP contribution in [-0.2, 0) is 4.79 Å². The second-order valence-electron chi connectivity index (χ2n) is 7.52. The summed E-state index contributed by atoms with van der Waals surface area (Å²) in [4.78, 5) is 17.9. The van der Waals surface area contributed by atoms with E-state index in [9.17, 15) is 4.79 Å². The van der Waals surface area contributed by atoms with Crippen molar-refractivity contribution in [2.75, 3.05) is 12.9 Å². The number of halogens is 1. The van der Waals surface area contributed by atoms with Gasteiger partial charge in [-0.25, -0.2) is 9.99 Å². The van der Waals surface area contributed by atoms with Crippen molar-refractivity contribution in [1.82, 2.24) is 9.99 Å². The molecule has 1 atom stereocenters. The molecule has 0 aliphatic carbocycles. The predicted octanol–water partition coefficient (Wildman–Crippen LogP) is 6.54. The molecule has 1 aliphatic rings. The molecule has 33 heavy (non-hydrogen) atoms. The highest BCUT2D eigenvalue weighted by Crippen LogP contribution is 2.35. The number of methoxy groups -OCH3 is 1. The van der Waals surface area contributed by atoms with Gasteiger partial charge in [-0.3, -0.25) is 4.79 Å². The van der Waals surface area contributed by atoms with Crippen LogP contribution in [0.5, 0.6) is 5.75 Å². The number of fused-ring (bicyclic) bond motifs is 1. The molecule has 2 heterocycles. The number of amides is 1. The summed E-state index contributed by atoms with van der Waals surface area (Å²) >= 11 is 6.56. The summed E-state index contributed by atoms with van der Waals surface area (Å²) in [6.45, 7) is 0. The first-order valence-electron chi connectivity index (χ1n) is 10.4. The molecule has 5 nitrogen and oxygen atoms in total. The molecule has 0 saturated heterocycles. The summed E-state index contributed by atoms with van der Waals surface area (Å²) in [5.41, 5.74) is 3.92. The lowest BCUT2D eigenvalue weighted by atomic mass is 9.98. The average molecular weight is 538 g/mol. The number of thioether (sulfide) groups is 1. The number of hydrogen-bond acceptors (Lipinski definition) is 6. The Kier molecular flexibility index (Phi) is 6.48. The van der Waals surface area contributed by atoms with Gasteiger partial charge >= 0.3 is 0 Å². The van der Waals surface area contributed by atoms with Gasteiger partial charge in [0.25, 0.3) is 5.91 Å². The minimum absolute atomic E-state index is 0.0350. The van der Waals surface area contributed by atoms with Crippen molar-refractivity contribution in [3.63, 3.8) is 0 Å². The number of rotatable bonds is 6. The molecule has 1 aromatic heterocycles. The molecular formula is C25H20BrN3O2S2. The van der Waals surface area contributed by atoms with E-state index in [-0.39, 0.29) is 17.7 Å². The van der Waals surface area contributed by atoms with Crippen molar-refractivity contribution >= 4 is 60.9 Å². The first-order chi connectivity index (χ1) is 16.1.